The van der Waals surface area contributed by atoms with Crippen LogP contribution < -0.4 is 24.3 Å². The Bertz CT molecular complexity index is 1980. The molecule has 12 nitrogen and oxygen atoms in total. The number of hydrogen-bond acceptors (Lipinski definition) is 11. The van der Waals surface area contributed by atoms with Gasteiger partial charge in [-0.25, -0.2) is 4.79 Å². The van der Waals surface area contributed by atoms with Crippen LogP contribution in [0, 0.1) is 55.4 Å². The van der Waals surface area contributed by atoms with Gasteiger partial charge in [-0.3, -0.25) is 0 Å². The van der Waals surface area contributed by atoms with Crippen molar-refractivity contribution in [3.05, 3.63) is 93.0 Å². The molecule has 13 heteroatoms. The van der Waals surface area contributed by atoms with E-state index in [0.717, 1.165) is 103 Å². The van der Waals surface area contributed by atoms with Gasteiger partial charge >= 0.3 is 14.9 Å². The van der Waals surface area contributed by atoms with Gasteiger partial charge in [-0.2, -0.15) is 0 Å². The number of nitrogens with one attached hydrogen (secondary N) is 1. The van der Waals surface area contributed by atoms with Crippen LogP contribution in [-0.2, 0) is 27.5 Å². The zero-order chi connectivity index (χ0) is 46.0. The van der Waals surface area contributed by atoms with Crippen LogP contribution in [0.15, 0.2) is 48.5 Å². The Morgan fingerprint density at radius 3 is 1.17 bits per heavy atom. The number of ether oxygens (including phenoxy) is 7. The molecule has 0 saturated carbocycles. The molecule has 1 amide bonds. The minimum Gasteiger partial charge on any atom is -0.490 e. The number of hydrogen-bond donors (Lipinski definition) is 1. The molecule has 4 aromatic rings. The molecule has 64 heavy (non-hydrogen) atoms. The van der Waals surface area contributed by atoms with E-state index in [4.69, 9.17) is 46.4 Å². The summed E-state index contributed by atoms with van der Waals surface area (Å²) in [6.07, 6.45) is -0.313. The molecule has 2 saturated heterocycles. The molecule has 6 rings (SSSR count). The molecule has 0 radical (unpaired) electrons. The van der Waals surface area contributed by atoms with Crippen molar-refractivity contribution in [2.24, 2.45) is 0 Å². The Kier molecular flexibility index (Phi) is 17.2. The Balaban J connectivity index is 1.15. The van der Waals surface area contributed by atoms with E-state index in [1.165, 1.54) is 0 Å². The minimum absolute atomic E-state index is 0.0779. The van der Waals surface area contributed by atoms with Crippen LogP contribution in [0.1, 0.15) is 71.7 Å². The lowest BCUT2D eigenvalue weighted by Crippen LogP contribution is -2.46. The summed E-state index contributed by atoms with van der Waals surface area (Å²) >= 11 is 0. The highest BCUT2D eigenvalue weighted by atomic mass is 28.4. The van der Waals surface area contributed by atoms with E-state index in [-0.39, 0.29) is 25.4 Å². The van der Waals surface area contributed by atoms with Crippen LogP contribution in [0.5, 0.6) is 23.0 Å². The van der Waals surface area contributed by atoms with Gasteiger partial charge in [0.25, 0.3) is 0 Å². The van der Waals surface area contributed by atoms with Gasteiger partial charge in [0.1, 0.15) is 61.6 Å². The van der Waals surface area contributed by atoms with E-state index in [1.54, 1.807) is 0 Å². The summed E-state index contributed by atoms with van der Waals surface area (Å²) in [5.41, 5.74) is 12.6. The number of aryl methyl sites for hydroxylation is 8. The molecule has 0 aromatic heterocycles. The van der Waals surface area contributed by atoms with E-state index in [1.807, 2.05) is 48.5 Å². The number of rotatable bonds is 25. The Labute approximate surface area is 381 Å². The van der Waals surface area contributed by atoms with Crippen molar-refractivity contribution >= 4 is 14.9 Å². The maximum absolute atomic E-state index is 13.4. The standard InChI is InChI=1S/C51H69NO11Si/c1-12-60-64(61-13-2,62-14-3)17-15-16-52-51(53)63-46(30-58-49-36(8)22-42(23-37(49)9)40-18-32(4)47(33(5)19-40)56-28-44-26-54-44)31-59-50-38(10)24-43(25-39(50)11)41-20-34(6)48(35(7)21-41)57-29-45-27-55-45/h18-25,44-46H,12-17,26-31H2,1-11H3,(H,52,53). The summed E-state index contributed by atoms with van der Waals surface area (Å²) in [5.74, 6) is 3.28. The summed E-state index contributed by atoms with van der Waals surface area (Å²) in [6, 6.07) is 17.7. The molecule has 0 bridgehead atoms. The molecular weight excluding hydrogens is 831 g/mol. The normalized spacial score (nSPS) is 16.0. The smallest absolute Gasteiger partial charge is 0.490 e. The second-order valence-electron chi connectivity index (χ2n) is 17.0. The zero-order valence-corrected chi connectivity index (χ0v) is 40.8. The molecule has 2 aliphatic heterocycles. The minimum atomic E-state index is -2.85. The Morgan fingerprint density at radius 2 is 0.875 bits per heavy atom. The lowest BCUT2D eigenvalue weighted by molar-refractivity contribution is 0.0348. The molecule has 2 unspecified atom stereocenters. The highest BCUT2D eigenvalue weighted by Crippen LogP contribution is 2.37. The van der Waals surface area contributed by atoms with E-state index < -0.39 is 21.0 Å². The van der Waals surface area contributed by atoms with Gasteiger partial charge in [-0.05, 0) is 198 Å². The number of amides is 1. The van der Waals surface area contributed by atoms with Gasteiger partial charge in [-0.15, -0.1) is 0 Å². The quantitative estimate of drug-likeness (QED) is 0.0388. The van der Waals surface area contributed by atoms with Crippen LogP contribution in [-0.4, -0.2) is 99.2 Å². The number of carbonyl (C=O) groups excluding carboxylic acids is 1. The largest absolute Gasteiger partial charge is 0.500 e. The molecule has 1 N–H and O–H groups in total. The fraction of sp³-hybridized carbons (Fsp3) is 0.510. The first-order valence-corrected chi connectivity index (χ1v) is 24.7. The van der Waals surface area contributed by atoms with Crippen molar-refractivity contribution in [1.82, 2.24) is 5.32 Å². The average Bonchev–Trinajstić information content (AvgIpc) is 4.18. The molecule has 2 atom stereocenters. The second kappa shape index (κ2) is 22.5. The highest BCUT2D eigenvalue weighted by molar-refractivity contribution is 6.60. The lowest BCUT2D eigenvalue weighted by atomic mass is 9.96. The molecule has 0 aliphatic carbocycles. The summed E-state index contributed by atoms with van der Waals surface area (Å²) in [7, 11) is -2.85. The van der Waals surface area contributed by atoms with Crippen LogP contribution in [0.4, 0.5) is 4.79 Å². The van der Waals surface area contributed by atoms with E-state index in [0.29, 0.717) is 52.0 Å². The van der Waals surface area contributed by atoms with Crippen molar-refractivity contribution in [2.75, 3.05) is 66.0 Å². The number of epoxide rings is 2. The fourth-order valence-corrected chi connectivity index (χ4v) is 10.8. The van der Waals surface area contributed by atoms with Crippen LogP contribution in [0.25, 0.3) is 22.3 Å². The van der Waals surface area contributed by atoms with Gasteiger partial charge in [0.2, 0.25) is 0 Å². The first kappa shape index (κ1) is 48.8. The third-order valence-corrected chi connectivity index (χ3v) is 14.4. The van der Waals surface area contributed by atoms with Crippen molar-refractivity contribution in [2.45, 2.75) is 107 Å². The fourth-order valence-electron chi connectivity index (χ4n) is 8.22. The summed E-state index contributed by atoms with van der Waals surface area (Å²) in [5, 5.41) is 2.92. The van der Waals surface area contributed by atoms with Gasteiger partial charge in [-0.1, -0.05) is 0 Å². The maximum atomic E-state index is 13.4. The van der Waals surface area contributed by atoms with Crippen molar-refractivity contribution in [1.29, 1.82) is 0 Å². The summed E-state index contributed by atoms with van der Waals surface area (Å²) in [6.45, 7) is 26.9. The molecule has 4 aromatic carbocycles. The number of alkyl carbamates (subject to hydrolysis) is 1. The summed E-state index contributed by atoms with van der Waals surface area (Å²) < 4.78 is 59.9. The second-order valence-corrected chi connectivity index (χ2v) is 19.7. The molecule has 0 spiro atoms. The van der Waals surface area contributed by atoms with E-state index in [2.05, 4.69) is 81.5 Å². The first-order chi connectivity index (χ1) is 30.7. The molecule has 2 fully saturated rings. The first-order valence-electron chi connectivity index (χ1n) is 22.8. The zero-order valence-electron chi connectivity index (χ0n) is 39.8. The lowest BCUT2D eigenvalue weighted by Gasteiger charge is -2.28. The third kappa shape index (κ3) is 13.2. The molecule has 348 valence electrons. The van der Waals surface area contributed by atoms with E-state index >= 15 is 0 Å². The molecular formula is C51H69NO11Si. The van der Waals surface area contributed by atoms with Gasteiger partial charge in [0.05, 0.1) is 13.2 Å². The topological polar surface area (TPSA) is 128 Å². The number of carbonyl (C=O) groups is 1. The predicted molar refractivity (Wildman–Crippen MR) is 251 cm³/mol. The van der Waals surface area contributed by atoms with Crippen LogP contribution in [0.3, 0.4) is 0 Å². The third-order valence-electron chi connectivity index (χ3n) is 11.3. The number of benzene rings is 4. The van der Waals surface area contributed by atoms with Crippen molar-refractivity contribution in [3.8, 4) is 45.3 Å². The summed E-state index contributed by atoms with van der Waals surface area (Å²) in [4.78, 5) is 13.4. The van der Waals surface area contributed by atoms with E-state index in [9.17, 15) is 4.79 Å². The monoisotopic (exact) mass is 899 g/mol. The van der Waals surface area contributed by atoms with Gasteiger partial charge < -0.3 is 51.8 Å². The van der Waals surface area contributed by atoms with Gasteiger partial charge in [0, 0.05) is 32.4 Å². The highest BCUT2D eigenvalue weighted by Gasteiger charge is 2.39. The van der Waals surface area contributed by atoms with Crippen LogP contribution >= 0.6 is 0 Å². The Morgan fingerprint density at radius 1 is 0.562 bits per heavy atom. The maximum Gasteiger partial charge on any atom is 0.500 e. The van der Waals surface area contributed by atoms with Crippen LogP contribution in [0.2, 0.25) is 6.04 Å². The Hall–Kier alpha value is -4.63. The average molecular weight is 900 g/mol. The van der Waals surface area contributed by atoms with Crippen molar-refractivity contribution < 1.29 is 51.2 Å². The predicted octanol–water partition coefficient (Wildman–Crippen LogP) is 10.0. The molecule has 2 aliphatic rings. The SMILES string of the molecule is CCO[Si](CCCNC(=O)OC(COc1c(C)cc(-c2cc(C)c(OCC3CO3)c(C)c2)cc1C)COc1c(C)cc(-c2cc(C)c(OCC3CO3)c(C)c2)cc1C)(OCC)OCC. The molecule has 2 heterocycles. The van der Waals surface area contributed by atoms with Gasteiger partial charge in [0.15, 0.2) is 6.10 Å². The van der Waals surface area contributed by atoms with Crippen molar-refractivity contribution in [3.63, 3.8) is 0 Å².